The molecule has 2 atom stereocenters. The smallest absolute Gasteiger partial charge is 0.413 e. The van der Waals surface area contributed by atoms with Crippen LogP contribution >= 0.6 is 7.37 Å². The Kier molecular flexibility index (Phi) is 5.78. The summed E-state index contributed by atoms with van der Waals surface area (Å²) in [5.41, 5.74) is -1.80. The monoisotopic (exact) mass is 349 g/mol. The fourth-order valence-corrected chi connectivity index (χ4v) is 3.10. The van der Waals surface area contributed by atoms with Crippen molar-refractivity contribution in [2.24, 2.45) is 0 Å². The molecule has 8 nitrogen and oxygen atoms in total. The van der Waals surface area contributed by atoms with E-state index in [2.05, 4.69) is 4.52 Å². The largest absolute Gasteiger partial charge is 0.444 e. The zero-order valence-electron chi connectivity index (χ0n) is 14.3. The van der Waals surface area contributed by atoms with Gasteiger partial charge in [0, 0.05) is 7.11 Å². The van der Waals surface area contributed by atoms with Crippen LogP contribution in [-0.4, -0.2) is 60.1 Å². The molecule has 1 rings (SSSR count). The molecule has 0 aromatic heterocycles. The van der Waals surface area contributed by atoms with Crippen molar-refractivity contribution in [3.63, 3.8) is 0 Å². The summed E-state index contributed by atoms with van der Waals surface area (Å²) in [7, 11) is -2.59. The van der Waals surface area contributed by atoms with Crippen molar-refractivity contribution < 1.29 is 32.9 Å². The molecule has 132 valence electrons. The van der Waals surface area contributed by atoms with Crippen LogP contribution in [0.5, 0.6) is 0 Å². The first-order chi connectivity index (χ1) is 10.4. The molecule has 0 aromatic rings. The number of hydrogen-bond acceptors (Lipinski definition) is 7. The van der Waals surface area contributed by atoms with Crippen LogP contribution < -0.4 is 0 Å². The first kappa shape index (κ1) is 19.8. The summed E-state index contributed by atoms with van der Waals surface area (Å²) in [6.07, 6.45) is -1.30. The van der Waals surface area contributed by atoms with E-state index in [9.17, 15) is 18.9 Å². The van der Waals surface area contributed by atoms with Crippen molar-refractivity contribution in [3.05, 3.63) is 0 Å². The number of ketones is 1. The summed E-state index contributed by atoms with van der Waals surface area (Å²) in [6, 6.07) is -0.841. The van der Waals surface area contributed by atoms with Gasteiger partial charge in [0.05, 0.1) is 12.8 Å². The second-order valence-electron chi connectivity index (χ2n) is 6.76. The zero-order chi connectivity index (χ0) is 18.1. The van der Waals surface area contributed by atoms with Gasteiger partial charge < -0.3 is 14.0 Å². The minimum atomic E-state index is -3.69. The Balaban J connectivity index is 3.01. The first-order valence-electron chi connectivity index (χ1n) is 7.15. The van der Waals surface area contributed by atoms with E-state index in [1.807, 2.05) is 0 Å². The third-order valence-electron chi connectivity index (χ3n) is 3.29. The molecule has 1 aliphatic heterocycles. The highest BCUT2D eigenvalue weighted by atomic mass is 31.2. The highest BCUT2D eigenvalue weighted by Gasteiger charge is 2.49. The Bertz CT molecular complexity index is 538. The van der Waals surface area contributed by atoms with Crippen LogP contribution in [0, 0.1) is 0 Å². The van der Waals surface area contributed by atoms with E-state index >= 15 is 0 Å². The van der Waals surface area contributed by atoms with Crippen molar-refractivity contribution in [3.8, 4) is 0 Å². The van der Waals surface area contributed by atoms with Gasteiger partial charge in [-0.2, -0.15) is 0 Å². The molecule has 23 heavy (non-hydrogen) atoms. The van der Waals surface area contributed by atoms with E-state index in [1.54, 1.807) is 34.6 Å². The van der Waals surface area contributed by atoms with Gasteiger partial charge in [0.25, 0.3) is 7.37 Å². The molecular formula is C14H24NO7P. The van der Waals surface area contributed by atoms with Crippen LogP contribution in [0.1, 0.15) is 34.6 Å². The predicted octanol–water partition coefficient (Wildman–Crippen LogP) is 2.04. The highest BCUT2D eigenvalue weighted by Crippen LogP contribution is 2.43. The molecule has 1 unspecified atom stereocenters. The topological polar surface area (TPSA) is 99.2 Å². The molecule has 0 bridgehead atoms. The van der Waals surface area contributed by atoms with E-state index in [4.69, 9.17) is 9.47 Å². The minimum Gasteiger partial charge on any atom is -0.444 e. The van der Waals surface area contributed by atoms with Gasteiger partial charge in [0.2, 0.25) is 6.03 Å². The van der Waals surface area contributed by atoms with E-state index in [0.29, 0.717) is 0 Å². The van der Waals surface area contributed by atoms with Gasteiger partial charge in [0.1, 0.15) is 17.4 Å². The van der Waals surface area contributed by atoms with Crippen molar-refractivity contribution in [1.29, 1.82) is 0 Å². The molecule has 0 spiro atoms. The molecule has 0 aliphatic carbocycles. The number of hydrogen-bond donors (Lipinski definition) is 0. The summed E-state index contributed by atoms with van der Waals surface area (Å²) < 4.78 is 27.4. The maximum absolute atomic E-state index is 12.4. The molecule has 0 aromatic carbocycles. The Morgan fingerprint density at radius 2 is 1.96 bits per heavy atom. The van der Waals surface area contributed by atoms with Crippen molar-refractivity contribution in [1.82, 2.24) is 4.90 Å². The van der Waals surface area contributed by atoms with Crippen LogP contribution in [0.3, 0.4) is 0 Å². The predicted molar refractivity (Wildman–Crippen MR) is 83.1 cm³/mol. The molecule has 1 saturated heterocycles. The zero-order valence-corrected chi connectivity index (χ0v) is 15.2. The molecule has 1 fully saturated rings. The number of carbonyl (C=O) groups excluding carboxylic acids is 3. The van der Waals surface area contributed by atoms with Crippen LogP contribution in [-0.2, 0) is 28.2 Å². The molecule has 1 aliphatic rings. The Morgan fingerprint density at radius 1 is 1.39 bits per heavy atom. The Morgan fingerprint density at radius 3 is 2.39 bits per heavy atom. The van der Waals surface area contributed by atoms with Gasteiger partial charge in [0.15, 0.2) is 5.78 Å². The lowest BCUT2D eigenvalue weighted by Gasteiger charge is -2.34. The van der Waals surface area contributed by atoms with E-state index < -0.39 is 42.8 Å². The van der Waals surface area contributed by atoms with Gasteiger partial charge >= 0.3 is 6.09 Å². The lowest BCUT2D eigenvalue weighted by atomic mass is 10.1. The average Bonchev–Trinajstić information content (AvgIpc) is 2.72. The summed E-state index contributed by atoms with van der Waals surface area (Å²) in [5.74, 6) is -0.571. The van der Waals surface area contributed by atoms with E-state index in [-0.39, 0.29) is 12.6 Å². The molecule has 9 heteroatoms. The molecule has 0 saturated carbocycles. The first-order valence-corrected chi connectivity index (χ1v) is 9.03. The second-order valence-corrected chi connectivity index (χ2v) is 9.11. The molecule has 1 amide bonds. The van der Waals surface area contributed by atoms with Crippen LogP contribution in [0.4, 0.5) is 4.79 Å². The van der Waals surface area contributed by atoms with Gasteiger partial charge in [-0.25, -0.2) is 4.79 Å². The lowest BCUT2D eigenvalue weighted by molar-refractivity contribution is -0.122. The normalized spacial score (nSPS) is 23.2. The van der Waals surface area contributed by atoms with E-state index in [1.165, 1.54) is 4.90 Å². The van der Waals surface area contributed by atoms with Crippen molar-refractivity contribution in [2.75, 3.05) is 19.9 Å². The van der Waals surface area contributed by atoms with Crippen LogP contribution in [0.25, 0.3) is 0 Å². The maximum Gasteiger partial charge on any atom is 0.413 e. The quantitative estimate of drug-likeness (QED) is 0.553. The number of nitrogens with zero attached hydrogens (tertiary/aromatic N) is 1. The molecule has 0 radical (unpaired) electrons. The fourth-order valence-electron chi connectivity index (χ4n) is 2.16. The standard InChI is InChI=1S/C14H24NO7P/c1-13(2,3)22-12(18)15-10(7-21-14(15,4)5)11(17)8-23(19,9-16)20-6/h9-10H,7-8H2,1-6H3/t10-,23?/m0/s1. The van der Waals surface area contributed by atoms with Gasteiger partial charge in [-0.15, -0.1) is 0 Å². The summed E-state index contributed by atoms with van der Waals surface area (Å²) in [4.78, 5) is 36.8. The number of rotatable bonds is 5. The number of carbonyl (C=O) groups is 3. The van der Waals surface area contributed by atoms with Gasteiger partial charge in [-0.05, 0) is 34.6 Å². The average molecular weight is 349 g/mol. The second kappa shape index (κ2) is 6.71. The number of ether oxygens (including phenoxy) is 2. The third-order valence-corrected chi connectivity index (χ3v) is 4.99. The van der Waals surface area contributed by atoms with Crippen LogP contribution in [0.2, 0.25) is 0 Å². The van der Waals surface area contributed by atoms with Crippen molar-refractivity contribution in [2.45, 2.75) is 52.0 Å². The van der Waals surface area contributed by atoms with Crippen LogP contribution in [0.15, 0.2) is 0 Å². The number of amides is 1. The summed E-state index contributed by atoms with van der Waals surface area (Å²) in [6.45, 7) is 8.30. The molecule has 1 heterocycles. The third kappa shape index (κ3) is 4.86. The summed E-state index contributed by atoms with van der Waals surface area (Å²) >= 11 is 0. The minimum absolute atomic E-state index is 0.0619. The van der Waals surface area contributed by atoms with Gasteiger partial charge in [-0.3, -0.25) is 19.1 Å². The Labute approximate surface area is 135 Å². The van der Waals surface area contributed by atoms with Gasteiger partial charge in [-0.1, -0.05) is 0 Å². The maximum atomic E-state index is 12.4. The SMILES string of the molecule is COP(=O)(C=O)CC(=O)[C@@H]1COC(C)(C)N1C(=O)OC(C)(C)C. The highest BCUT2D eigenvalue weighted by molar-refractivity contribution is 7.74. The lowest BCUT2D eigenvalue weighted by Crippen LogP contribution is -2.52. The number of Topliss-reactive ketones (excluding diaryl/α,β-unsaturated/α-hetero) is 1. The summed E-state index contributed by atoms with van der Waals surface area (Å²) in [5, 5.41) is 0. The van der Waals surface area contributed by atoms with E-state index in [0.717, 1.165) is 7.11 Å². The Hall–Kier alpha value is -1.24. The molecule has 0 N–H and O–H groups in total. The van der Waals surface area contributed by atoms with Crippen molar-refractivity contribution >= 4 is 25.3 Å². The molecular weight excluding hydrogens is 325 g/mol. The fraction of sp³-hybridized carbons (Fsp3) is 0.786.